The van der Waals surface area contributed by atoms with Gasteiger partial charge >= 0.3 is 6.03 Å². The Balaban J connectivity index is 1.59. The molecule has 1 saturated carbocycles. The van der Waals surface area contributed by atoms with Crippen LogP contribution in [0.3, 0.4) is 0 Å². The number of amides is 2. The molecule has 2 aliphatic rings. The first kappa shape index (κ1) is 15.2. The van der Waals surface area contributed by atoms with E-state index in [4.69, 9.17) is 9.47 Å². The van der Waals surface area contributed by atoms with Crippen molar-refractivity contribution in [2.75, 3.05) is 26.9 Å². The molecule has 1 aliphatic carbocycles. The highest BCUT2D eigenvalue weighted by Gasteiger charge is 2.39. The van der Waals surface area contributed by atoms with Crippen LogP contribution in [-0.4, -0.2) is 43.8 Å². The number of methoxy groups -OCH3 is 1. The zero-order chi connectivity index (χ0) is 15.5. The molecule has 1 saturated heterocycles. The third kappa shape index (κ3) is 3.35. The minimum Gasteiger partial charge on any atom is -0.497 e. The third-order valence-corrected chi connectivity index (χ3v) is 4.57. The third-order valence-electron chi connectivity index (χ3n) is 4.57. The number of hydrogen-bond acceptors (Lipinski definition) is 3. The summed E-state index contributed by atoms with van der Waals surface area (Å²) in [7, 11) is 1.66. The Morgan fingerprint density at radius 2 is 2.27 bits per heavy atom. The zero-order valence-corrected chi connectivity index (χ0v) is 13.3. The van der Waals surface area contributed by atoms with Crippen molar-refractivity contribution >= 4 is 6.03 Å². The molecule has 1 atom stereocenters. The number of hydrogen-bond donors (Lipinski definition) is 1. The first-order valence-corrected chi connectivity index (χ1v) is 7.95. The summed E-state index contributed by atoms with van der Waals surface area (Å²) in [6, 6.07) is 6.20. The maximum atomic E-state index is 12.5. The van der Waals surface area contributed by atoms with Crippen molar-refractivity contribution in [3.05, 3.63) is 29.3 Å². The van der Waals surface area contributed by atoms with E-state index < -0.39 is 0 Å². The van der Waals surface area contributed by atoms with Crippen LogP contribution in [0.15, 0.2) is 18.2 Å². The van der Waals surface area contributed by atoms with E-state index in [9.17, 15) is 4.79 Å². The summed E-state index contributed by atoms with van der Waals surface area (Å²) in [6.45, 7) is 4.58. The van der Waals surface area contributed by atoms with Crippen LogP contribution in [0.1, 0.15) is 24.0 Å². The van der Waals surface area contributed by atoms with Gasteiger partial charge in [0.15, 0.2) is 0 Å². The van der Waals surface area contributed by atoms with Gasteiger partial charge in [-0.2, -0.15) is 0 Å². The largest absolute Gasteiger partial charge is 0.497 e. The average molecular weight is 304 g/mol. The van der Waals surface area contributed by atoms with E-state index in [0.717, 1.165) is 16.9 Å². The molecule has 2 fully saturated rings. The lowest BCUT2D eigenvalue weighted by molar-refractivity contribution is 0.00463. The van der Waals surface area contributed by atoms with Gasteiger partial charge in [-0.15, -0.1) is 0 Å². The highest BCUT2D eigenvalue weighted by molar-refractivity contribution is 5.74. The van der Waals surface area contributed by atoms with Crippen molar-refractivity contribution in [3.63, 3.8) is 0 Å². The molecule has 0 spiro atoms. The average Bonchev–Trinajstić information content (AvgIpc) is 3.38. The molecule has 0 aromatic heterocycles. The van der Waals surface area contributed by atoms with Gasteiger partial charge in [0.1, 0.15) is 5.75 Å². The Bertz CT molecular complexity index is 543. The monoisotopic (exact) mass is 304 g/mol. The standard InChI is InChI=1S/C17H24N2O3/c1-12-9-15(21-2)6-5-14(12)10-18-17(20)19-7-8-22-11-16(19)13-3-4-13/h5-6,9,13,16H,3-4,7-8,10-11H2,1-2H3,(H,18,20)/t16-/m0/s1. The van der Waals surface area contributed by atoms with E-state index in [2.05, 4.69) is 5.32 Å². The van der Waals surface area contributed by atoms with Crippen LogP contribution >= 0.6 is 0 Å². The number of urea groups is 1. The van der Waals surface area contributed by atoms with Gasteiger partial charge in [-0.05, 0) is 48.9 Å². The van der Waals surface area contributed by atoms with Crippen LogP contribution in [0.5, 0.6) is 5.75 Å². The van der Waals surface area contributed by atoms with Gasteiger partial charge in [0, 0.05) is 13.1 Å². The number of benzene rings is 1. The molecule has 2 amide bonds. The van der Waals surface area contributed by atoms with Crippen LogP contribution in [0, 0.1) is 12.8 Å². The van der Waals surface area contributed by atoms with Gasteiger partial charge in [0.25, 0.3) is 0 Å². The minimum atomic E-state index is 0.0235. The van der Waals surface area contributed by atoms with E-state index in [1.807, 2.05) is 30.0 Å². The van der Waals surface area contributed by atoms with Crippen molar-refractivity contribution in [3.8, 4) is 5.75 Å². The first-order valence-electron chi connectivity index (χ1n) is 7.95. The molecule has 3 rings (SSSR count). The number of carbonyl (C=O) groups is 1. The quantitative estimate of drug-likeness (QED) is 0.929. The predicted octanol–water partition coefficient (Wildman–Crippen LogP) is 2.32. The first-order chi connectivity index (χ1) is 10.7. The molecule has 5 nitrogen and oxygen atoms in total. The van der Waals surface area contributed by atoms with Crippen LogP contribution in [-0.2, 0) is 11.3 Å². The summed E-state index contributed by atoms with van der Waals surface area (Å²) in [6.07, 6.45) is 2.44. The lowest BCUT2D eigenvalue weighted by Gasteiger charge is -2.35. The molecular weight excluding hydrogens is 280 g/mol. The predicted molar refractivity (Wildman–Crippen MR) is 84.0 cm³/mol. The molecule has 1 heterocycles. The molecule has 1 N–H and O–H groups in total. The molecule has 1 aliphatic heterocycles. The number of morpholine rings is 1. The summed E-state index contributed by atoms with van der Waals surface area (Å²) in [5.41, 5.74) is 2.24. The second-order valence-electron chi connectivity index (χ2n) is 6.12. The second-order valence-corrected chi connectivity index (χ2v) is 6.12. The topological polar surface area (TPSA) is 50.8 Å². The van der Waals surface area contributed by atoms with Crippen molar-refractivity contribution in [1.82, 2.24) is 10.2 Å². The van der Waals surface area contributed by atoms with Gasteiger partial charge in [0.2, 0.25) is 0 Å². The number of rotatable bonds is 4. The van der Waals surface area contributed by atoms with Crippen molar-refractivity contribution in [2.45, 2.75) is 32.4 Å². The Labute approximate surface area is 131 Å². The molecule has 0 unspecified atom stereocenters. The van der Waals surface area contributed by atoms with Crippen molar-refractivity contribution < 1.29 is 14.3 Å². The number of nitrogens with zero attached hydrogens (tertiary/aromatic N) is 1. The van der Waals surface area contributed by atoms with E-state index in [-0.39, 0.29) is 12.1 Å². The Hall–Kier alpha value is -1.75. The molecule has 0 radical (unpaired) electrons. The van der Waals surface area contributed by atoms with Crippen molar-refractivity contribution in [2.24, 2.45) is 5.92 Å². The van der Waals surface area contributed by atoms with Crippen LogP contribution in [0.2, 0.25) is 0 Å². The highest BCUT2D eigenvalue weighted by Crippen LogP contribution is 2.36. The normalized spacial score (nSPS) is 21.5. The summed E-state index contributed by atoms with van der Waals surface area (Å²) in [4.78, 5) is 14.4. The second kappa shape index (κ2) is 6.57. The molecule has 5 heteroatoms. The summed E-state index contributed by atoms with van der Waals surface area (Å²) in [5.74, 6) is 1.48. The van der Waals surface area contributed by atoms with E-state index in [1.54, 1.807) is 7.11 Å². The van der Waals surface area contributed by atoms with Crippen LogP contribution < -0.4 is 10.1 Å². The van der Waals surface area contributed by atoms with Crippen molar-refractivity contribution in [1.29, 1.82) is 0 Å². The Morgan fingerprint density at radius 1 is 1.45 bits per heavy atom. The smallest absolute Gasteiger partial charge is 0.318 e. The molecule has 22 heavy (non-hydrogen) atoms. The highest BCUT2D eigenvalue weighted by atomic mass is 16.5. The SMILES string of the molecule is COc1ccc(CNC(=O)N2CCOC[C@H]2C2CC2)c(C)c1. The molecule has 1 aromatic rings. The minimum absolute atomic E-state index is 0.0235. The summed E-state index contributed by atoms with van der Waals surface area (Å²) < 4.78 is 10.7. The van der Waals surface area contributed by atoms with Gasteiger partial charge < -0.3 is 19.7 Å². The van der Waals surface area contributed by atoms with E-state index in [0.29, 0.717) is 32.2 Å². The lowest BCUT2D eigenvalue weighted by atomic mass is 10.1. The van der Waals surface area contributed by atoms with Crippen LogP contribution in [0.4, 0.5) is 4.79 Å². The summed E-state index contributed by atoms with van der Waals surface area (Å²) in [5, 5.41) is 3.05. The van der Waals surface area contributed by atoms with Gasteiger partial charge in [0.05, 0.1) is 26.4 Å². The van der Waals surface area contributed by atoms with E-state index >= 15 is 0 Å². The molecule has 0 bridgehead atoms. The fourth-order valence-electron chi connectivity index (χ4n) is 3.01. The Kier molecular flexibility index (Phi) is 4.52. The fourth-order valence-corrected chi connectivity index (χ4v) is 3.01. The molecular formula is C17H24N2O3. The number of ether oxygens (including phenoxy) is 2. The van der Waals surface area contributed by atoms with E-state index in [1.165, 1.54) is 12.8 Å². The Morgan fingerprint density at radius 3 is 2.95 bits per heavy atom. The van der Waals surface area contributed by atoms with Gasteiger partial charge in [-0.1, -0.05) is 6.07 Å². The number of nitrogens with one attached hydrogen (secondary N) is 1. The number of carbonyl (C=O) groups excluding carboxylic acids is 1. The number of aryl methyl sites for hydroxylation is 1. The molecule has 120 valence electrons. The van der Waals surface area contributed by atoms with Gasteiger partial charge in [-0.3, -0.25) is 0 Å². The lowest BCUT2D eigenvalue weighted by Crippen LogP contribution is -2.53. The van der Waals surface area contributed by atoms with Gasteiger partial charge in [-0.25, -0.2) is 4.79 Å². The zero-order valence-electron chi connectivity index (χ0n) is 13.3. The molecule has 1 aromatic carbocycles. The van der Waals surface area contributed by atoms with Crippen LogP contribution in [0.25, 0.3) is 0 Å². The maximum Gasteiger partial charge on any atom is 0.318 e. The maximum absolute atomic E-state index is 12.5. The summed E-state index contributed by atoms with van der Waals surface area (Å²) >= 11 is 0. The fraction of sp³-hybridized carbons (Fsp3) is 0.588.